The maximum atomic E-state index is 12.5. The van der Waals surface area contributed by atoms with Gasteiger partial charge in [-0.1, -0.05) is 60.0 Å². The summed E-state index contributed by atoms with van der Waals surface area (Å²) in [7, 11) is -3.99. The molecule has 2 aromatic heterocycles. The summed E-state index contributed by atoms with van der Waals surface area (Å²) in [5.41, 5.74) is 0.555. The van der Waals surface area contributed by atoms with Crippen LogP contribution in [0.1, 0.15) is 11.4 Å². The number of aryl methyl sites for hydroxylation is 2. The Morgan fingerprint density at radius 2 is 1.09 bits per heavy atom. The monoisotopic (exact) mass is 785 g/mol. The maximum Gasteiger partial charge on any atom is 1.00 e. The number of nitrogens with two attached hydrogens (primary N) is 1. The molecule has 0 saturated heterocycles. The minimum Gasteiger partial charge on any atom is -0.871 e. The van der Waals surface area contributed by atoms with E-state index in [2.05, 4.69) is 30.7 Å². The largest absolute Gasteiger partial charge is 1.00 e. The number of para-hydroxylation sites is 2. The zero-order valence-corrected chi connectivity index (χ0v) is 32.1. The summed E-state index contributed by atoms with van der Waals surface area (Å²) in [5, 5.41) is 60.3. The average molecular weight is 786 g/mol. The van der Waals surface area contributed by atoms with Gasteiger partial charge in [-0.15, -0.1) is 10.2 Å². The molecule has 0 radical (unpaired) electrons. The molecule has 4 N–H and O–H groups in total. The third-order valence-corrected chi connectivity index (χ3v) is 7.95. The van der Waals surface area contributed by atoms with E-state index < -0.39 is 37.6 Å². The van der Waals surface area contributed by atoms with Gasteiger partial charge in [0.25, 0.3) is 16.8 Å². The number of nitrogens with one attached hydrogen (secondary N) is 2. The fourth-order valence-electron chi connectivity index (χ4n) is 4.49. The van der Waals surface area contributed by atoms with Gasteiger partial charge in [-0.05, 0) is 50.2 Å². The van der Waals surface area contributed by atoms with E-state index >= 15 is 0 Å². The molecule has 0 amide bonds. The van der Waals surface area contributed by atoms with Gasteiger partial charge in [0, 0.05) is 29.5 Å². The quantitative estimate of drug-likeness (QED) is 0.0878. The van der Waals surface area contributed by atoms with Crippen LogP contribution in [-0.2, 0) is 27.4 Å². The van der Waals surface area contributed by atoms with E-state index in [1.807, 2.05) is 12.1 Å². The maximum absolute atomic E-state index is 12.5. The third-order valence-electron chi connectivity index (χ3n) is 7.04. The summed E-state index contributed by atoms with van der Waals surface area (Å²) in [5.74, 6) is -1.07. The second-order valence-corrected chi connectivity index (χ2v) is 12.2. The number of sulfonamides is 1. The molecule has 266 valence electrons. The number of benzene rings is 4. The number of nitro groups is 1. The third kappa shape index (κ3) is 9.91. The molecule has 18 nitrogen and oxygen atoms in total. The molecule has 21 heteroatoms. The number of azo groups is 2. The van der Waals surface area contributed by atoms with Crippen LogP contribution in [0.15, 0.2) is 132 Å². The van der Waals surface area contributed by atoms with E-state index in [0.717, 1.165) is 36.4 Å². The number of primary sulfonamides is 1. The molecule has 0 atom stereocenters. The van der Waals surface area contributed by atoms with Crippen LogP contribution in [0.2, 0.25) is 0 Å². The van der Waals surface area contributed by atoms with Crippen LogP contribution in [0, 0.1) is 24.0 Å². The molecule has 0 unspecified atom stereocenters. The molecular formula is C32H26CrN10NaO8S-. The van der Waals surface area contributed by atoms with Gasteiger partial charge in [-0.2, -0.15) is 10.2 Å². The van der Waals surface area contributed by atoms with Gasteiger partial charge in [0.05, 0.1) is 44.0 Å². The van der Waals surface area contributed by atoms with Crippen molar-refractivity contribution in [1.29, 1.82) is 0 Å². The van der Waals surface area contributed by atoms with Crippen LogP contribution in [0.5, 0.6) is 11.5 Å². The zero-order chi connectivity index (χ0) is 36.9. The molecular weight excluding hydrogens is 759 g/mol. The van der Waals surface area contributed by atoms with Gasteiger partial charge in [0.2, 0.25) is 10.0 Å². The van der Waals surface area contributed by atoms with Crippen molar-refractivity contribution in [2.75, 3.05) is 0 Å². The van der Waals surface area contributed by atoms with Crippen LogP contribution in [-0.4, -0.2) is 32.9 Å². The summed E-state index contributed by atoms with van der Waals surface area (Å²) in [6.07, 6.45) is 0. The molecule has 0 aliphatic rings. The Morgan fingerprint density at radius 1 is 0.679 bits per heavy atom. The predicted molar refractivity (Wildman–Crippen MR) is 180 cm³/mol. The van der Waals surface area contributed by atoms with Crippen molar-refractivity contribution in [2.45, 2.75) is 18.7 Å². The Morgan fingerprint density at radius 3 is 1.51 bits per heavy atom. The summed E-state index contributed by atoms with van der Waals surface area (Å²) in [6, 6.07) is 24.0. The van der Waals surface area contributed by atoms with Crippen LogP contribution in [0.4, 0.5) is 28.4 Å². The first-order chi connectivity index (χ1) is 24.2. The number of nitrogens with zero attached hydrogens (tertiary/aromatic N) is 7. The summed E-state index contributed by atoms with van der Waals surface area (Å²) in [6.45, 7) is 3.27. The zero-order valence-electron chi connectivity index (χ0n) is 28.0. The van der Waals surface area contributed by atoms with Crippen LogP contribution >= 0.6 is 0 Å². The van der Waals surface area contributed by atoms with Crippen molar-refractivity contribution in [3.8, 4) is 22.9 Å². The van der Waals surface area contributed by atoms with E-state index in [0.29, 0.717) is 22.8 Å². The Labute approximate surface area is 333 Å². The van der Waals surface area contributed by atoms with Crippen LogP contribution in [0.3, 0.4) is 0 Å². The van der Waals surface area contributed by atoms with Gasteiger partial charge in [-0.3, -0.25) is 29.9 Å². The summed E-state index contributed by atoms with van der Waals surface area (Å²) < 4.78 is 25.4. The van der Waals surface area contributed by atoms with Crippen molar-refractivity contribution in [2.24, 2.45) is 25.6 Å². The molecule has 0 spiro atoms. The predicted octanol–water partition coefficient (Wildman–Crippen LogP) is 1.48. The number of hydrogen-bond donors (Lipinski definition) is 3. The standard InChI is InChI=1S/C16H15N5O4S.C16H13N5O4.Cr.Na/c1-10-15(16(23)21(20-10)11-5-3-2-4-6-11)19-18-13-9-12(26(17,24)25)7-8-14(13)22;1-10-15(16(23)20(19-10)11-5-3-2-4-6-11)18-17-13-9-12(21(24)25)7-8-14(13)22;;/h2-9,20,22H,1H3,(H2,17,24,25);2-9,19,22H,1H3;;/q;;;+1/p-2. The number of rotatable bonds is 8. The van der Waals surface area contributed by atoms with E-state index in [1.165, 1.54) is 9.36 Å². The first-order valence-corrected chi connectivity index (χ1v) is 16.2. The number of nitro benzene ring substituents is 1. The molecule has 0 aliphatic heterocycles. The van der Waals surface area contributed by atoms with Gasteiger partial charge in [0.15, 0.2) is 11.4 Å². The molecule has 6 rings (SSSR count). The second-order valence-electron chi connectivity index (χ2n) is 10.6. The Hall–Kier alpha value is -5.46. The van der Waals surface area contributed by atoms with Gasteiger partial charge in [0.1, 0.15) is 0 Å². The Bertz CT molecular complexity index is 2530. The minimum atomic E-state index is -3.99. The smallest absolute Gasteiger partial charge is 0.871 e. The van der Waals surface area contributed by atoms with Crippen molar-refractivity contribution >= 4 is 38.5 Å². The minimum absolute atomic E-state index is 0. The topological polar surface area (TPSA) is 274 Å². The molecule has 4 aromatic carbocycles. The van der Waals surface area contributed by atoms with E-state index in [-0.39, 0.29) is 80.3 Å². The van der Waals surface area contributed by atoms with Crippen molar-refractivity contribution < 1.29 is 70.5 Å². The number of H-pyrrole nitrogens is 2. The normalized spacial score (nSPS) is 11.1. The molecule has 0 bridgehead atoms. The molecule has 6 aromatic rings. The van der Waals surface area contributed by atoms with Crippen molar-refractivity contribution in [3.63, 3.8) is 0 Å². The van der Waals surface area contributed by atoms with Gasteiger partial charge >= 0.3 is 29.6 Å². The molecule has 2 heterocycles. The second kappa shape index (κ2) is 17.8. The van der Waals surface area contributed by atoms with Crippen LogP contribution < -0.4 is 56.0 Å². The van der Waals surface area contributed by atoms with E-state index in [4.69, 9.17) is 5.14 Å². The van der Waals surface area contributed by atoms with Crippen molar-refractivity contribution in [3.05, 3.63) is 139 Å². The van der Waals surface area contributed by atoms with E-state index in [1.54, 1.807) is 62.4 Å². The number of non-ortho nitro benzene ring substituents is 1. The first-order valence-electron chi connectivity index (χ1n) is 14.6. The summed E-state index contributed by atoms with van der Waals surface area (Å²) >= 11 is 0. The van der Waals surface area contributed by atoms with Gasteiger partial charge in [-0.25, -0.2) is 22.9 Å². The van der Waals surface area contributed by atoms with E-state index in [9.17, 15) is 38.3 Å². The average Bonchev–Trinajstić information content (AvgIpc) is 3.56. The molecule has 53 heavy (non-hydrogen) atoms. The number of hydrogen-bond acceptors (Lipinski definition) is 12. The fraction of sp³-hybridized carbons (Fsp3) is 0.0625. The molecule has 0 aliphatic carbocycles. The van der Waals surface area contributed by atoms with Gasteiger partial charge < -0.3 is 10.2 Å². The Balaban J connectivity index is 0.000000275. The number of aromatic amines is 2. The Kier molecular flexibility index (Phi) is 14.1. The SMILES string of the molecule is Cc1[nH]n(-c2ccccc2)c(=O)c1N=Nc1cc(S(N)(=O)=O)ccc1[O-].Cc1[nH]n(-c2ccccc2)c(=O)c1N=Nc1cc([N+](=O)[O-])ccc1[O-].[Cr].[Na+]. The van der Waals surface area contributed by atoms with Crippen molar-refractivity contribution in [1.82, 2.24) is 19.6 Å². The first kappa shape index (κ1) is 42.0. The number of aromatic nitrogens is 4. The van der Waals surface area contributed by atoms with Crippen LogP contribution in [0.25, 0.3) is 11.4 Å². The fourth-order valence-corrected chi connectivity index (χ4v) is 5.02. The molecule has 0 fully saturated rings. The summed E-state index contributed by atoms with van der Waals surface area (Å²) in [4.78, 5) is 34.8. The molecule has 0 saturated carbocycles.